The fraction of sp³-hybridized carbons (Fsp3) is 0.0909. The summed E-state index contributed by atoms with van der Waals surface area (Å²) < 4.78 is 24.9. The van der Waals surface area contributed by atoms with Crippen LogP contribution in [-0.2, 0) is 4.79 Å². The minimum atomic E-state index is -0.688. The van der Waals surface area contributed by atoms with E-state index >= 15 is 0 Å². The topological polar surface area (TPSA) is 64.6 Å². The van der Waals surface area contributed by atoms with Gasteiger partial charge >= 0.3 is 0 Å². The number of rotatable bonds is 7. The van der Waals surface area contributed by atoms with Crippen molar-refractivity contribution >= 4 is 17.4 Å². The molecule has 0 aliphatic carbocycles. The molecule has 0 spiro atoms. The van der Waals surface area contributed by atoms with Gasteiger partial charge < -0.3 is 14.8 Å². The van der Waals surface area contributed by atoms with Gasteiger partial charge in [0.15, 0.2) is 18.1 Å². The van der Waals surface area contributed by atoms with E-state index in [1.807, 2.05) is 18.2 Å². The molecule has 0 fully saturated rings. The van der Waals surface area contributed by atoms with Gasteiger partial charge in [0.25, 0.3) is 5.91 Å². The van der Waals surface area contributed by atoms with Gasteiger partial charge in [-0.25, -0.2) is 4.39 Å². The number of Topliss-reactive ketones (excluding diaryl/α,β-unsaturated/α-hetero) is 1. The molecule has 142 valence electrons. The molecule has 1 amide bonds. The lowest BCUT2D eigenvalue weighted by atomic mass is 10.1. The summed E-state index contributed by atoms with van der Waals surface area (Å²) in [6, 6.07) is 20.0. The monoisotopic (exact) mass is 379 g/mol. The lowest BCUT2D eigenvalue weighted by Gasteiger charge is -2.13. The standard InChI is InChI=1S/C22H18FNO4/c1-15(25)18-12-11-17(13-19(18)23)27-14-22(26)24-20-9-5-6-10-21(20)28-16-7-3-2-4-8-16/h2-13H,14H2,1H3,(H,24,26). The highest BCUT2D eigenvalue weighted by atomic mass is 19.1. The number of carbonyl (C=O) groups is 2. The zero-order chi connectivity index (χ0) is 19.9. The molecule has 5 nitrogen and oxygen atoms in total. The molecule has 0 radical (unpaired) electrons. The Bertz CT molecular complexity index is 989. The van der Waals surface area contributed by atoms with Crippen LogP contribution in [0, 0.1) is 5.82 Å². The molecule has 1 N–H and O–H groups in total. The molecule has 0 atom stereocenters. The summed E-state index contributed by atoms with van der Waals surface area (Å²) in [5, 5.41) is 2.71. The Morgan fingerprint density at radius 1 is 0.929 bits per heavy atom. The van der Waals surface area contributed by atoms with Crippen LogP contribution in [0.25, 0.3) is 0 Å². The van der Waals surface area contributed by atoms with E-state index < -0.39 is 11.7 Å². The molecule has 0 saturated heterocycles. The summed E-state index contributed by atoms with van der Waals surface area (Å²) in [4.78, 5) is 23.5. The number of ether oxygens (including phenoxy) is 2. The first-order valence-electron chi connectivity index (χ1n) is 8.58. The fourth-order valence-corrected chi connectivity index (χ4v) is 2.48. The number of hydrogen-bond donors (Lipinski definition) is 1. The minimum Gasteiger partial charge on any atom is -0.484 e. The highest BCUT2D eigenvalue weighted by molar-refractivity contribution is 5.94. The van der Waals surface area contributed by atoms with Gasteiger partial charge in [-0.15, -0.1) is 0 Å². The average molecular weight is 379 g/mol. The normalized spacial score (nSPS) is 10.2. The molecule has 0 heterocycles. The van der Waals surface area contributed by atoms with Gasteiger partial charge in [0.1, 0.15) is 17.3 Å². The number of halogens is 1. The van der Waals surface area contributed by atoms with Crippen molar-refractivity contribution in [3.63, 3.8) is 0 Å². The predicted octanol–water partition coefficient (Wildman–Crippen LogP) is 4.84. The molecule has 28 heavy (non-hydrogen) atoms. The van der Waals surface area contributed by atoms with Crippen molar-refractivity contribution < 1.29 is 23.5 Å². The summed E-state index contributed by atoms with van der Waals surface area (Å²) >= 11 is 0. The number of para-hydroxylation sites is 3. The summed E-state index contributed by atoms with van der Waals surface area (Å²) in [6.45, 7) is 0.958. The highest BCUT2D eigenvalue weighted by Crippen LogP contribution is 2.29. The van der Waals surface area contributed by atoms with Crippen molar-refractivity contribution in [2.24, 2.45) is 0 Å². The van der Waals surface area contributed by atoms with Crippen molar-refractivity contribution in [1.29, 1.82) is 0 Å². The van der Waals surface area contributed by atoms with Crippen LogP contribution in [0.1, 0.15) is 17.3 Å². The maximum Gasteiger partial charge on any atom is 0.262 e. The van der Waals surface area contributed by atoms with Crippen LogP contribution >= 0.6 is 0 Å². The Morgan fingerprint density at radius 3 is 2.36 bits per heavy atom. The largest absolute Gasteiger partial charge is 0.484 e. The van der Waals surface area contributed by atoms with Crippen LogP contribution in [0.15, 0.2) is 72.8 Å². The van der Waals surface area contributed by atoms with Crippen molar-refractivity contribution in [2.75, 3.05) is 11.9 Å². The summed E-state index contributed by atoms with van der Waals surface area (Å²) in [7, 11) is 0. The lowest BCUT2D eigenvalue weighted by molar-refractivity contribution is -0.118. The third-order valence-electron chi connectivity index (χ3n) is 3.82. The van der Waals surface area contributed by atoms with E-state index in [4.69, 9.17) is 9.47 Å². The van der Waals surface area contributed by atoms with Gasteiger partial charge in [0.2, 0.25) is 0 Å². The second kappa shape index (κ2) is 8.81. The summed E-state index contributed by atoms with van der Waals surface area (Å²) in [6.07, 6.45) is 0. The van der Waals surface area contributed by atoms with Gasteiger partial charge in [-0.3, -0.25) is 9.59 Å². The number of nitrogens with one attached hydrogen (secondary N) is 1. The molecule has 0 saturated carbocycles. The number of ketones is 1. The Hall–Kier alpha value is -3.67. The highest BCUT2D eigenvalue weighted by Gasteiger charge is 2.11. The van der Waals surface area contributed by atoms with Gasteiger partial charge in [-0.05, 0) is 43.3 Å². The Kier molecular flexibility index (Phi) is 6.01. The maximum atomic E-state index is 13.8. The van der Waals surface area contributed by atoms with E-state index in [0.717, 1.165) is 6.07 Å². The van der Waals surface area contributed by atoms with Crippen molar-refractivity contribution in [1.82, 2.24) is 0 Å². The smallest absolute Gasteiger partial charge is 0.262 e. The van der Waals surface area contributed by atoms with E-state index in [1.165, 1.54) is 19.1 Å². The second-order valence-corrected chi connectivity index (χ2v) is 5.95. The van der Waals surface area contributed by atoms with Crippen LogP contribution in [0.3, 0.4) is 0 Å². The van der Waals surface area contributed by atoms with E-state index in [0.29, 0.717) is 17.2 Å². The van der Waals surface area contributed by atoms with Gasteiger partial charge in [-0.1, -0.05) is 30.3 Å². The van der Waals surface area contributed by atoms with Crippen molar-refractivity contribution in [3.8, 4) is 17.2 Å². The van der Waals surface area contributed by atoms with Gasteiger partial charge in [0.05, 0.1) is 11.3 Å². The maximum absolute atomic E-state index is 13.8. The SMILES string of the molecule is CC(=O)c1ccc(OCC(=O)Nc2ccccc2Oc2ccccc2)cc1F. The van der Waals surface area contributed by atoms with Gasteiger partial charge in [-0.2, -0.15) is 0 Å². The fourth-order valence-electron chi connectivity index (χ4n) is 2.48. The number of amides is 1. The van der Waals surface area contributed by atoms with Crippen molar-refractivity contribution in [2.45, 2.75) is 6.92 Å². The molecule has 0 aromatic heterocycles. The minimum absolute atomic E-state index is 0.0243. The third-order valence-corrected chi connectivity index (χ3v) is 3.82. The molecular weight excluding hydrogens is 361 g/mol. The van der Waals surface area contributed by atoms with E-state index in [9.17, 15) is 14.0 Å². The average Bonchev–Trinajstić information content (AvgIpc) is 2.68. The molecule has 3 aromatic carbocycles. The molecule has 0 aliphatic rings. The molecule has 3 aromatic rings. The van der Waals surface area contributed by atoms with E-state index in [2.05, 4.69) is 5.32 Å². The molecule has 0 bridgehead atoms. The quantitative estimate of drug-likeness (QED) is 0.597. The number of anilines is 1. The second-order valence-electron chi connectivity index (χ2n) is 5.95. The summed E-state index contributed by atoms with van der Waals surface area (Å²) in [5.41, 5.74) is 0.460. The van der Waals surface area contributed by atoms with Gasteiger partial charge in [0, 0.05) is 6.07 Å². The van der Waals surface area contributed by atoms with E-state index in [-0.39, 0.29) is 23.7 Å². The van der Waals surface area contributed by atoms with Crippen LogP contribution in [0.5, 0.6) is 17.2 Å². The van der Waals surface area contributed by atoms with Crippen molar-refractivity contribution in [3.05, 3.63) is 84.2 Å². The Morgan fingerprint density at radius 2 is 1.64 bits per heavy atom. The van der Waals surface area contributed by atoms with Crippen LogP contribution < -0.4 is 14.8 Å². The lowest BCUT2D eigenvalue weighted by Crippen LogP contribution is -2.20. The van der Waals surface area contributed by atoms with Crippen LogP contribution in [0.2, 0.25) is 0 Å². The summed E-state index contributed by atoms with van der Waals surface area (Å²) in [5.74, 6) is -0.212. The van der Waals surface area contributed by atoms with Crippen LogP contribution in [0.4, 0.5) is 10.1 Å². The number of benzene rings is 3. The first-order valence-corrected chi connectivity index (χ1v) is 8.58. The molecular formula is C22H18FNO4. The first-order chi connectivity index (χ1) is 13.5. The predicted molar refractivity (Wildman–Crippen MR) is 103 cm³/mol. The first kappa shape index (κ1) is 19.1. The van der Waals surface area contributed by atoms with Crippen LogP contribution in [-0.4, -0.2) is 18.3 Å². The molecule has 6 heteroatoms. The molecule has 0 aliphatic heterocycles. The number of carbonyl (C=O) groups excluding carboxylic acids is 2. The van der Waals surface area contributed by atoms with E-state index in [1.54, 1.807) is 36.4 Å². The Labute approximate surface area is 161 Å². The molecule has 3 rings (SSSR count). The Balaban J connectivity index is 1.62. The molecule has 0 unspecified atom stereocenters. The third kappa shape index (κ3) is 4.94. The zero-order valence-electron chi connectivity index (χ0n) is 15.1. The number of hydrogen-bond acceptors (Lipinski definition) is 4. The zero-order valence-corrected chi connectivity index (χ0v) is 15.1.